The first-order valence-corrected chi connectivity index (χ1v) is 7.53. The van der Waals surface area contributed by atoms with Gasteiger partial charge in [-0.3, -0.25) is 0 Å². The van der Waals surface area contributed by atoms with Crippen molar-refractivity contribution >= 4 is 17.6 Å². The third-order valence-electron chi connectivity index (χ3n) is 3.25. The molecule has 2 aromatic rings. The highest BCUT2D eigenvalue weighted by Crippen LogP contribution is 2.26. The molecule has 0 bridgehead atoms. The SMILES string of the molecule is Cc1cc(Cl)ccc1OCC(=O)Oc1ccccc1C(C)C. The zero-order valence-electron chi connectivity index (χ0n) is 12.9. The molecule has 2 rings (SSSR count). The molecule has 0 spiro atoms. The van der Waals surface area contributed by atoms with Crippen LogP contribution in [-0.2, 0) is 4.79 Å². The molecule has 0 aromatic heterocycles. The summed E-state index contributed by atoms with van der Waals surface area (Å²) in [6.45, 7) is 5.84. The zero-order chi connectivity index (χ0) is 16.1. The maximum absolute atomic E-state index is 12.0. The van der Waals surface area contributed by atoms with Crippen molar-refractivity contribution in [2.75, 3.05) is 6.61 Å². The molecular weight excluding hydrogens is 300 g/mol. The highest BCUT2D eigenvalue weighted by atomic mass is 35.5. The summed E-state index contributed by atoms with van der Waals surface area (Å²) >= 11 is 5.89. The second kappa shape index (κ2) is 7.32. The largest absolute Gasteiger partial charge is 0.482 e. The van der Waals surface area contributed by atoms with E-state index in [1.807, 2.05) is 25.1 Å². The molecule has 0 amide bonds. The maximum atomic E-state index is 12.0. The molecule has 0 saturated carbocycles. The monoisotopic (exact) mass is 318 g/mol. The van der Waals surface area contributed by atoms with E-state index in [0.717, 1.165) is 11.1 Å². The van der Waals surface area contributed by atoms with Crippen LogP contribution in [0.2, 0.25) is 5.02 Å². The number of benzene rings is 2. The van der Waals surface area contributed by atoms with Gasteiger partial charge in [0.05, 0.1) is 0 Å². The highest BCUT2D eigenvalue weighted by Gasteiger charge is 2.12. The summed E-state index contributed by atoms with van der Waals surface area (Å²) in [5, 5.41) is 0.637. The minimum atomic E-state index is -0.428. The molecule has 0 saturated heterocycles. The summed E-state index contributed by atoms with van der Waals surface area (Å²) in [5.74, 6) is 1.06. The fraction of sp³-hybridized carbons (Fsp3) is 0.278. The van der Waals surface area contributed by atoms with Crippen LogP contribution in [0.25, 0.3) is 0 Å². The van der Waals surface area contributed by atoms with Crippen molar-refractivity contribution in [3.05, 3.63) is 58.6 Å². The highest BCUT2D eigenvalue weighted by molar-refractivity contribution is 6.30. The molecule has 0 aliphatic rings. The maximum Gasteiger partial charge on any atom is 0.349 e. The number of aryl methyl sites for hydroxylation is 1. The first kappa shape index (κ1) is 16.4. The Labute approximate surface area is 135 Å². The Morgan fingerprint density at radius 1 is 1.14 bits per heavy atom. The second-order valence-electron chi connectivity index (χ2n) is 5.37. The summed E-state index contributed by atoms with van der Waals surface area (Å²) in [4.78, 5) is 12.0. The number of hydrogen-bond donors (Lipinski definition) is 0. The molecule has 0 heterocycles. The Balaban J connectivity index is 1.99. The van der Waals surface area contributed by atoms with Gasteiger partial charge >= 0.3 is 5.97 Å². The van der Waals surface area contributed by atoms with Crippen LogP contribution < -0.4 is 9.47 Å². The number of halogens is 1. The van der Waals surface area contributed by atoms with E-state index in [-0.39, 0.29) is 12.5 Å². The Hall–Kier alpha value is -2.00. The minimum Gasteiger partial charge on any atom is -0.482 e. The van der Waals surface area contributed by atoms with E-state index in [2.05, 4.69) is 13.8 Å². The van der Waals surface area contributed by atoms with E-state index in [9.17, 15) is 4.79 Å². The molecule has 0 aliphatic carbocycles. The Morgan fingerprint density at radius 2 is 1.86 bits per heavy atom. The summed E-state index contributed by atoms with van der Waals surface area (Å²) < 4.78 is 10.9. The van der Waals surface area contributed by atoms with Crippen LogP contribution in [0.15, 0.2) is 42.5 Å². The molecule has 0 radical (unpaired) electrons. The molecule has 0 N–H and O–H groups in total. The van der Waals surface area contributed by atoms with E-state index < -0.39 is 5.97 Å². The fourth-order valence-electron chi connectivity index (χ4n) is 2.11. The molecule has 0 unspecified atom stereocenters. The van der Waals surface area contributed by atoms with Crippen LogP contribution in [0.4, 0.5) is 0 Å². The molecule has 0 fully saturated rings. The lowest BCUT2D eigenvalue weighted by Gasteiger charge is -2.13. The molecule has 0 atom stereocenters. The molecular formula is C18H19ClO3. The second-order valence-corrected chi connectivity index (χ2v) is 5.80. The molecule has 22 heavy (non-hydrogen) atoms. The van der Waals surface area contributed by atoms with Crippen molar-refractivity contribution in [1.82, 2.24) is 0 Å². The number of carbonyl (C=O) groups excluding carboxylic acids is 1. The molecule has 4 heteroatoms. The van der Waals surface area contributed by atoms with Gasteiger partial charge in [-0.25, -0.2) is 4.79 Å². The first-order chi connectivity index (χ1) is 10.5. The number of carbonyl (C=O) groups is 1. The van der Waals surface area contributed by atoms with Crippen LogP contribution in [0, 0.1) is 6.92 Å². The summed E-state index contributed by atoms with van der Waals surface area (Å²) in [6, 6.07) is 12.8. The predicted molar refractivity (Wildman–Crippen MR) is 87.9 cm³/mol. The van der Waals surface area contributed by atoms with Gasteiger partial charge in [-0.15, -0.1) is 0 Å². The Morgan fingerprint density at radius 3 is 2.55 bits per heavy atom. The van der Waals surface area contributed by atoms with Crippen LogP contribution in [0.5, 0.6) is 11.5 Å². The van der Waals surface area contributed by atoms with Gasteiger partial charge in [0.25, 0.3) is 0 Å². The van der Waals surface area contributed by atoms with Crippen LogP contribution in [0.1, 0.15) is 30.9 Å². The Kier molecular flexibility index (Phi) is 5.45. The number of hydrogen-bond acceptors (Lipinski definition) is 3. The van der Waals surface area contributed by atoms with Crippen molar-refractivity contribution < 1.29 is 14.3 Å². The molecule has 116 valence electrons. The fourth-order valence-corrected chi connectivity index (χ4v) is 2.34. The van der Waals surface area contributed by atoms with E-state index in [4.69, 9.17) is 21.1 Å². The van der Waals surface area contributed by atoms with Gasteiger partial charge < -0.3 is 9.47 Å². The van der Waals surface area contributed by atoms with Gasteiger partial charge in [-0.2, -0.15) is 0 Å². The zero-order valence-corrected chi connectivity index (χ0v) is 13.7. The van der Waals surface area contributed by atoms with Crippen LogP contribution >= 0.6 is 11.6 Å². The molecule has 0 aliphatic heterocycles. The van der Waals surface area contributed by atoms with Gasteiger partial charge in [-0.1, -0.05) is 43.6 Å². The lowest BCUT2D eigenvalue weighted by Crippen LogP contribution is -2.18. The number of rotatable bonds is 5. The molecule has 3 nitrogen and oxygen atoms in total. The van der Waals surface area contributed by atoms with Gasteiger partial charge in [-0.05, 0) is 48.2 Å². The van der Waals surface area contributed by atoms with Gasteiger partial charge in [0, 0.05) is 5.02 Å². The third-order valence-corrected chi connectivity index (χ3v) is 3.48. The third kappa shape index (κ3) is 4.25. The average molecular weight is 319 g/mol. The van der Waals surface area contributed by atoms with Gasteiger partial charge in [0.2, 0.25) is 0 Å². The number of esters is 1. The van der Waals surface area contributed by atoms with Crippen molar-refractivity contribution in [3.63, 3.8) is 0 Å². The van der Waals surface area contributed by atoms with E-state index in [1.54, 1.807) is 24.3 Å². The average Bonchev–Trinajstić information content (AvgIpc) is 2.46. The predicted octanol–water partition coefficient (Wildman–Crippen LogP) is 4.76. The minimum absolute atomic E-state index is 0.144. The van der Waals surface area contributed by atoms with E-state index >= 15 is 0 Å². The topological polar surface area (TPSA) is 35.5 Å². The number of ether oxygens (including phenoxy) is 2. The van der Waals surface area contributed by atoms with Crippen molar-refractivity contribution in [2.45, 2.75) is 26.7 Å². The van der Waals surface area contributed by atoms with Crippen LogP contribution in [0.3, 0.4) is 0 Å². The normalized spacial score (nSPS) is 10.6. The summed E-state index contributed by atoms with van der Waals surface area (Å²) in [6.07, 6.45) is 0. The Bertz CT molecular complexity index is 665. The van der Waals surface area contributed by atoms with E-state index in [0.29, 0.717) is 16.5 Å². The van der Waals surface area contributed by atoms with Gasteiger partial charge in [0.1, 0.15) is 11.5 Å². The quantitative estimate of drug-likeness (QED) is 0.589. The lowest BCUT2D eigenvalue weighted by molar-refractivity contribution is -0.136. The lowest BCUT2D eigenvalue weighted by atomic mass is 10.0. The summed E-state index contributed by atoms with van der Waals surface area (Å²) in [7, 11) is 0. The smallest absolute Gasteiger partial charge is 0.349 e. The van der Waals surface area contributed by atoms with Gasteiger partial charge in [0.15, 0.2) is 6.61 Å². The summed E-state index contributed by atoms with van der Waals surface area (Å²) in [5.41, 5.74) is 1.88. The van der Waals surface area contributed by atoms with Crippen molar-refractivity contribution in [3.8, 4) is 11.5 Å². The first-order valence-electron chi connectivity index (χ1n) is 7.16. The van der Waals surface area contributed by atoms with E-state index in [1.165, 1.54) is 0 Å². The standard InChI is InChI=1S/C18H19ClO3/c1-12(2)15-6-4-5-7-17(15)22-18(20)11-21-16-9-8-14(19)10-13(16)3/h4-10,12H,11H2,1-3H3. The van der Waals surface area contributed by atoms with Crippen LogP contribution in [-0.4, -0.2) is 12.6 Å². The van der Waals surface area contributed by atoms with Crippen molar-refractivity contribution in [1.29, 1.82) is 0 Å². The molecule has 2 aromatic carbocycles. The van der Waals surface area contributed by atoms with Crippen molar-refractivity contribution in [2.24, 2.45) is 0 Å². The number of para-hydroxylation sites is 1.